The van der Waals surface area contributed by atoms with Crippen LogP contribution in [-0.2, 0) is 13.5 Å². The van der Waals surface area contributed by atoms with Gasteiger partial charge in [0.1, 0.15) is 0 Å². The highest BCUT2D eigenvalue weighted by molar-refractivity contribution is 4.99. The average molecular weight is 265 g/mol. The molecule has 0 radical (unpaired) electrons. The summed E-state index contributed by atoms with van der Waals surface area (Å²) in [6, 6.07) is 2.75. The summed E-state index contributed by atoms with van der Waals surface area (Å²) >= 11 is 0. The maximum absolute atomic E-state index is 4.21. The SMILES string of the molecule is CCCNC(CCCCc1ccnn1C)C(C)(C)C. The minimum Gasteiger partial charge on any atom is -0.313 e. The summed E-state index contributed by atoms with van der Waals surface area (Å²) in [5.74, 6) is 0. The van der Waals surface area contributed by atoms with Crippen molar-refractivity contribution in [3.05, 3.63) is 18.0 Å². The van der Waals surface area contributed by atoms with Crippen LogP contribution in [0.15, 0.2) is 12.3 Å². The van der Waals surface area contributed by atoms with E-state index in [1.807, 2.05) is 17.9 Å². The lowest BCUT2D eigenvalue weighted by atomic mass is 9.83. The summed E-state index contributed by atoms with van der Waals surface area (Å²) in [6.07, 6.45) is 8.03. The van der Waals surface area contributed by atoms with Crippen LogP contribution < -0.4 is 5.32 Å². The Labute approximate surface area is 118 Å². The summed E-state index contributed by atoms with van der Waals surface area (Å²) in [6.45, 7) is 10.4. The highest BCUT2D eigenvalue weighted by Gasteiger charge is 2.23. The largest absolute Gasteiger partial charge is 0.313 e. The number of nitrogens with zero attached hydrogens (tertiary/aromatic N) is 2. The van der Waals surface area contributed by atoms with E-state index in [1.54, 1.807) is 0 Å². The van der Waals surface area contributed by atoms with E-state index < -0.39 is 0 Å². The fourth-order valence-electron chi connectivity index (χ4n) is 2.46. The van der Waals surface area contributed by atoms with E-state index in [0.717, 1.165) is 13.0 Å². The molecular formula is C16H31N3. The normalized spacial score (nSPS) is 13.7. The minimum atomic E-state index is 0.349. The lowest BCUT2D eigenvalue weighted by Gasteiger charge is -2.32. The molecule has 0 aliphatic carbocycles. The van der Waals surface area contributed by atoms with Crippen LogP contribution >= 0.6 is 0 Å². The van der Waals surface area contributed by atoms with Gasteiger partial charge in [-0.25, -0.2) is 0 Å². The van der Waals surface area contributed by atoms with E-state index in [-0.39, 0.29) is 0 Å². The molecule has 0 aliphatic heterocycles. The van der Waals surface area contributed by atoms with Gasteiger partial charge in [-0.05, 0) is 43.7 Å². The van der Waals surface area contributed by atoms with Crippen molar-refractivity contribution >= 4 is 0 Å². The number of aryl methyl sites for hydroxylation is 2. The summed E-state index contributed by atoms with van der Waals surface area (Å²) in [7, 11) is 2.02. The predicted molar refractivity (Wildman–Crippen MR) is 82.3 cm³/mol. The van der Waals surface area contributed by atoms with E-state index in [4.69, 9.17) is 0 Å². The number of unbranched alkanes of at least 4 members (excludes halogenated alkanes) is 1. The van der Waals surface area contributed by atoms with Crippen molar-refractivity contribution in [2.75, 3.05) is 6.54 Å². The first-order valence-corrected chi connectivity index (χ1v) is 7.65. The van der Waals surface area contributed by atoms with Crippen molar-refractivity contribution < 1.29 is 0 Å². The molecule has 1 atom stereocenters. The number of aromatic nitrogens is 2. The number of rotatable bonds is 8. The molecule has 3 nitrogen and oxygen atoms in total. The lowest BCUT2D eigenvalue weighted by Crippen LogP contribution is -2.40. The van der Waals surface area contributed by atoms with E-state index in [0.29, 0.717) is 11.5 Å². The second-order valence-corrected chi connectivity index (χ2v) is 6.56. The highest BCUT2D eigenvalue weighted by Crippen LogP contribution is 2.23. The van der Waals surface area contributed by atoms with Gasteiger partial charge in [-0.1, -0.05) is 34.1 Å². The fraction of sp³-hybridized carbons (Fsp3) is 0.812. The topological polar surface area (TPSA) is 29.9 Å². The molecule has 0 amide bonds. The third-order valence-electron chi connectivity index (χ3n) is 3.78. The fourth-order valence-corrected chi connectivity index (χ4v) is 2.46. The van der Waals surface area contributed by atoms with E-state index in [1.165, 1.54) is 31.4 Å². The van der Waals surface area contributed by atoms with Crippen LogP contribution in [0.2, 0.25) is 0 Å². The minimum absolute atomic E-state index is 0.349. The third-order valence-corrected chi connectivity index (χ3v) is 3.78. The molecule has 1 aromatic heterocycles. The Bertz CT molecular complexity index is 349. The zero-order chi connectivity index (χ0) is 14.3. The van der Waals surface area contributed by atoms with Gasteiger partial charge < -0.3 is 5.32 Å². The van der Waals surface area contributed by atoms with Gasteiger partial charge >= 0.3 is 0 Å². The lowest BCUT2D eigenvalue weighted by molar-refractivity contribution is 0.250. The van der Waals surface area contributed by atoms with Crippen molar-refractivity contribution in [1.82, 2.24) is 15.1 Å². The molecule has 0 fully saturated rings. The Balaban J connectivity index is 2.30. The molecule has 0 aliphatic rings. The van der Waals surface area contributed by atoms with E-state index >= 15 is 0 Å². The van der Waals surface area contributed by atoms with Crippen LogP contribution in [0.4, 0.5) is 0 Å². The molecule has 110 valence electrons. The standard InChI is InChI=1S/C16H31N3/c1-6-12-17-15(16(2,3)4)10-8-7-9-14-11-13-18-19(14)5/h11,13,15,17H,6-10,12H2,1-5H3. The molecule has 1 aromatic rings. The molecular weight excluding hydrogens is 234 g/mol. The Morgan fingerprint density at radius 1 is 1.32 bits per heavy atom. The second-order valence-electron chi connectivity index (χ2n) is 6.56. The maximum atomic E-state index is 4.21. The summed E-state index contributed by atoms with van der Waals surface area (Å²) in [5, 5.41) is 7.91. The van der Waals surface area contributed by atoms with Gasteiger partial charge in [-0.2, -0.15) is 5.10 Å². The zero-order valence-corrected chi connectivity index (χ0v) is 13.4. The van der Waals surface area contributed by atoms with Gasteiger partial charge in [0.2, 0.25) is 0 Å². The molecule has 1 N–H and O–H groups in total. The Kier molecular flexibility index (Phi) is 6.56. The highest BCUT2D eigenvalue weighted by atomic mass is 15.2. The smallest absolute Gasteiger partial charge is 0.0492 e. The van der Waals surface area contributed by atoms with Gasteiger partial charge in [0.25, 0.3) is 0 Å². The van der Waals surface area contributed by atoms with Gasteiger partial charge in [-0.15, -0.1) is 0 Å². The van der Waals surface area contributed by atoms with Crippen molar-refractivity contribution in [2.24, 2.45) is 12.5 Å². The molecule has 1 heterocycles. The van der Waals surface area contributed by atoms with Crippen LogP contribution in [0, 0.1) is 5.41 Å². The number of hydrogen-bond donors (Lipinski definition) is 1. The quantitative estimate of drug-likeness (QED) is 0.729. The predicted octanol–water partition coefficient (Wildman–Crippen LogP) is 3.55. The van der Waals surface area contributed by atoms with E-state index in [9.17, 15) is 0 Å². The second kappa shape index (κ2) is 7.68. The van der Waals surface area contributed by atoms with Crippen molar-refractivity contribution in [3.8, 4) is 0 Å². The maximum Gasteiger partial charge on any atom is 0.0492 e. The summed E-state index contributed by atoms with van der Waals surface area (Å²) in [5.41, 5.74) is 1.69. The zero-order valence-electron chi connectivity index (χ0n) is 13.4. The molecule has 0 bridgehead atoms. The Morgan fingerprint density at radius 2 is 2.05 bits per heavy atom. The van der Waals surface area contributed by atoms with Gasteiger partial charge in [-0.3, -0.25) is 4.68 Å². The monoisotopic (exact) mass is 265 g/mol. The van der Waals surface area contributed by atoms with Gasteiger partial charge in [0.15, 0.2) is 0 Å². The van der Waals surface area contributed by atoms with Crippen molar-refractivity contribution in [3.63, 3.8) is 0 Å². The summed E-state index contributed by atoms with van der Waals surface area (Å²) in [4.78, 5) is 0. The molecule has 1 unspecified atom stereocenters. The van der Waals surface area contributed by atoms with Crippen LogP contribution in [0.1, 0.15) is 59.1 Å². The van der Waals surface area contributed by atoms with Crippen LogP contribution in [-0.4, -0.2) is 22.4 Å². The molecule has 19 heavy (non-hydrogen) atoms. The number of nitrogens with one attached hydrogen (secondary N) is 1. The van der Waals surface area contributed by atoms with Crippen LogP contribution in [0.5, 0.6) is 0 Å². The molecule has 0 saturated heterocycles. The van der Waals surface area contributed by atoms with E-state index in [2.05, 4.69) is 44.2 Å². The Morgan fingerprint density at radius 3 is 2.58 bits per heavy atom. The first-order valence-electron chi connectivity index (χ1n) is 7.65. The number of hydrogen-bond acceptors (Lipinski definition) is 2. The molecule has 1 rings (SSSR count). The average Bonchev–Trinajstić information content (AvgIpc) is 2.72. The van der Waals surface area contributed by atoms with Gasteiger partial charge in [0.05, 0.1) is 0 Å². The van der Waals surface area contributed by atoms with Gasteiger partial charge in [0, 0.05) is 25.0 Å². The molecule has 0 saturated carbocycles. The third kappa shape index (κ3) is 5.77. The molecule has 0 aromatic carbocycles. The van der Waals surface area contributed by atoms with Crippen LogP contribution in [0.25, 0.3) is 0 Å². The van der Waals surface area contributed by atoms with Crippen molar-refractivity contribution in [1.29, 1.82) is 0 Å². The Hall–Kier alpha value is -0.830. The first-order chi connectivity index (χ1) is 8.95. The molecule has 0 spiro atoms. The van der Waals surface area contributed by atoms with Crippen LogP contribution in [0.3, 0.4) is 0 Å². The van der Waals surface area contributed by atoms with Crippen molar-refractivity contribution in [2.45, 2.75) is 65.8 Å². The summed E-state index contributed by atoms with van der Waals surface area (Å²) < 4.78 is 1.98. The first kappa shape index (κ1) is 16.2. The molecule has 3 heteroatoms.